The van der Waals surface area contributed by atoms with E-state index in [1.54, 1.807) is 19.0 Å². The lowest BCUT2D eigenvalue weighted by Gasteiger charge is -2.27. The molecule has 1 aliphatic heterocycles. The second-order valence-corrected chi connectivity index (χ2v) is 5.53. The van der Waals surface area contributed by atoms with Crippen LogP contribution in [-0.2, 0) is 24.4 Å². The number of pyridine rings is 1. The monoisotopic (exact) mass is 320 g/mol. The maximum atomic E-state index is 13.8. The van der Waals surface area contributed by atoms with Gasteiger partial charge < -0.3 is 9.80 Å². The summed E-state index contributed by atoms with van der Waals surface area (Å²) in [4.78, 5) is 31.2. The fourth-order valence-electron chi connectivity index (χ4n) is 2.46. The summed E-state index contributed by atoms with van der Waals surface area (Å²) in [5.74, 6) is 0.115. The molecule has 0 aliphatic carbocycles. The van der Waals surface area contributed by atoms with Gasteiger partial charge in [0.2, 0.25) is 5.91 Å². The van der Waals surface area contributed by atoms with Crippen LogP contribution in [0.1, 0.15) is 5.82 Å². The standard InChI is InChI=1S/C14H17FN6O2/c1-18(2)12(22)9-21-14(23)20-7-6-19(8-11(20)17-21)13-10(15)4-3-5-16-13/h3-5H,6-9H2,1-2H3. The minimum atomic E-state index is -0.412. The van der Waals surface area contributed by atoms with Crippen molar-refractivity contribution in [2.45, 2.75) is 19.6 Å². The zero-order valence-electron chi connectivity index (χ0n) is 12.9. The quantitative estimate of drug-likeness (QED) is 0.775. The van der Waals surface area contributed by atoms with Gasteiger partial charge in [-0.05, 0) is 12.1 Å². The van der Waals surface area contributed by atoms with Gasteiger partial charge in [0.1, 0.15) is 6.54 Å². The van der Waals surface area contributed by atoms with E-state index in [4.69, 9.17) is 0 Å². The number of anilines is 1. The number of fused-ring (bicyclic) bond motifs is 1. The number of halogens is 1. The first-order valence-electron chi connectivity index (χ1n) is 7.19. The minimum absolute atomic E-state index is 0.107. The van der Waals surface area contributed by atoms with E-state index in [0.29, 0.717) is 18.9 Å². The average Bonchev–Trinajstić information content (AvgIpc) is 2.83. The average molecular weight is 320 g/mol. The summed E-state index contributed by atoms with van der Waals surface area (Å²) in [6.45, 7) is 0.991. The molecular formula is C14H17FN6O2. The third-order valence-electron chi connectivity index (χ3n) is 3.75. The van der Waals surface area contributed by atoms with Crippen LogP contribution >= 0.6 is 0 Å². The smallest absolute Gasteiger partial charge is 0.346 e. The van der Waals surface area contributed by atoms with Gasteiger partial charge in [-0.15, -0.1) is 0 Å². The van der Waals surface area contributed by atoms with Crippen LogP contribution in [0.4, 0.5) is 10.2 Å². The number of nitrogens with zero attached hydrogens (tertiary/aromatic N) is 6. The minimum Gasteiger partial charge on any atom is -0.347 e. The van der Waals surface area contributed by atoms with Gasteiger partial charge in [-0.1, -0.05) is 0 Å². The van der Waals surface area contributed by atoms with Crippen LogP contribution in [0.5, 0.6) is 0 Å². The molecule has 0 unspecified atom stereocenters. The number of likely N-dealkylation sites (N-methyl/N-ethyl adjacent to an activating group) is 1. The van der Waals surface area contributed by atoms with Crippen LogP contribution in [0.2, 0.25) is 0 Å². The maximum Gasteiger partial charge on any atom is 0.346 e. The molecule has 122 valence electrons. The normalized spacial score (nSPS) is 13.8. The molecule has 2 aromatic heterocycles. The molecule has 1 amide bonds. The summed E-state index contributed by atoms with van der Waals surface area (Å²) in [6, 6.07) is 2.87. The van der Waals surface area contributed by atoms with Crippen molar-refractivity contribution in [3.8, 4) is 0 Å². The number of carbonyl (C=O) groups excluding carboxylic acids is 1. The molecule has 0 saturated carbocycles. The molecule has 3 heterocycles. The van der Waals surface area contributed by atoms with Crippen molar-refractivity contribution in [1.29, 1.82) is 0 Å². The lowest BCUT2D eigenvalue weighted by atomic mass is 10.3. The predicted molar refractivity (Wildman–Crippen MR) is 80.4 cm³/mol. The highest BCUT2D eigenvalue weighted by Gasteiger charge is 2.25. The van der Waals surface area contributed by atoms with Gasteiger partial charge in [-0.3, -0.25) is 9.36 Å². The summed E-state index contributed by atoms with van der Waals surface area (Å²) >= 11 is 0. The molecule has 0 aromatic carbocycles. The van der Waals surface area contributed by atoms with Crippen LogP contribution in [0.3, 0.4) is 0 Å². The van der Waals surface area contributed by atoms with Gasteiger partial charge in [-0.2, -0.15) is 5.10 Å². The molecule has 1 aliphatic rings. The van der Waals surface area contributed by atoms with Crippen molar-refractivity contribution in [3.05, 3.63) is 40.5 Å². The second-order valence-electron chi connectivity index (χ2n) is 5.53. The molecule has 0 bridgehead atoms. The van der Waals surface area contributed by atoms with Gasteiger partial charge in [0.05, 0.1) is 6.54 Å². The number of carbonyl (C=O) groups is 1. The molecule has 0 atom stereocenters. The molecule has 0 spiro atoms. The molecule has 0 fully saturated rings. The lowest BCUT2D eigenvalue weighted by Crippen LogP contribution is -2.39. The van der Waals surface area contributed by atoms with Crippen molar-refractivity contribution < 1.29 is 9.18 Å². The molecule has 0 N–H and O–H groups in total. The van der Waals surface area contributed by atoms with Crippen molar-refractivity contribution >= 4 is 11.7 Å². The van der Waals surface area contributed by atoms with Crippen LogP contribution < -0.4 is 10.6 Å². The SMILES string of the molecule is CN(C)C(=O)Cn1nc2n(c1=O)CCN(c1ncccc1F)C2. The van der Waals surface area contributed by atoms with E-state index in [9.17, 15) is 14.0 Å². The van der Waals surface area contributed by atoms with Gasteiger partial charge in [0, 0.05) is 33.4 Å². The first-order chi connectivity index (χ1) is 11.0. The van der Waals surface area contributed by atoms with Gasteiger partial charge in [0.25, 0.3) is 0 Å². The Morgan fingerprint density at radius 2 is 2.17 bits per heavy atom. The van der Waals surface area contributed by atoms with Crippen LogP contribution in [0.25, 0.3) is 0 Å². The van der Waals surface area contributed by atoms with E-state index in [1.807, 2.05) is 0 Å². The van der Waals surface area contributed by atoms with Gasteiger partial charge in [0.15, 0.2) is 17.5 Å². The number of hydrogen-bond acceptors (Lipinski definition) is 5. The maximum absolute atomic E-state index is 13.8. The summed E-state index contributed by atoms with van der Waals surface area (Å²) in [7, 11) is 3.24. The molecule has 0 radical (unpaired) electrons. The molecule has 8 nitrogen and oxygen atoms in total. The molecule has 23 heavy (non-hydrogen) atoms. The Hall–Kier alpha value is -2.71. The van der Waals surface area contributed by atoms with Crippen molar-refractivity contribution in [2.75, 3.05) is 25.5 Å². The van der Waals surface area contributed by atoms with Crippen molar-refractivity contribution in [3.63, 3.8) is 0 Å². The Bertz CT molecular complexity index is 797. The second kappa shape index (κ2) is 5.82. The van der Waals surface area contributed by atoms with Crippen LogP contribution in [0.15, 0.2) is 23.1 Å². The summed E-state index contributed by atoms with van der Waals surface area (Å²) in [5.41, 5.74) is -0.323. The van der Waals surface area contributed by atoms with E-state index in [2.05, 4.69) is 10.1 Å². The first-order valence-corrected chi connectivity index (χ1v) is 7.19. The van der Waals surface area contributed by atoms with E-state index < -0.39 is 5.82 Å². The summed E-state index contributed by atoms with van der Waals surface area (Å²) in [5, 5.41) is 4.21. The fraction of sp³-hybridized carbons (Fsp3) is 0.429. The fourth-order valence-corrected chi connectivity index (χ4v) is 2.46. The molecule has 0 saturated heterocycles. The number of rotatable bonds is 3. The van der Waals surface area contributed by atoms with Crippen molar-refractivity contribution in [2.24, 2.45) is 0 Å². The van der Waals surface area contributed by atoms with E-state index in [1.165, 1.54) is 27.8 Å². The Labute approximate surface area is 131 Å². The topological polar surface area (TPSA) is 76.3 Å². The van der Waals surface area contributed by atoms with Crippen molar-refractivity contribution in [1.82, 2.24) is 24.2 Å². The Kier molecular flexibility index (Phi) is 3.85. The lowest BCUT2D eigenvalue weighted by molar-refractivity contribution is -0.129. The third kappa shape index (κ3) is 2.81. The van der Waals surface area contributed by atoms with Crippen LogP contribution in [-0.4, -0.2) is 50.8 Å². The highest BCUT2D eigenvalue weighted by Crippen LogP contribution is 2.19. The third-order valence-corrected chi connectivity index (χ3v) is 3.75. The Balaban J connectivity index is 1.86. The molecule has 2 aromatic rings. The van der Waals surface area contributed by atoms with Gasteiger partial charge in [-0.25, -0.2) is 18.9 Å². The number of aromatic nitrogens is 4. The zero-order chi connectivity index (χ0) is 16.6. The van der Waals surface area contributed by atoms with Crippen LogP contribution in [0, 0.1) is 5.82 Å². The first kappa shape index (κ1) is 15.2. The largest absolute Gasteiger partial charge is 0.347 e. The van der Waals surface area contributed by atoms with E-state index in [0.717, 1.165) is 4.68 Å². The Morgan fingerprint density at radius 3 is 2.87 bits per heavy atom. The predicted octanol–water partition coefficient (Wildman–Crippen LogP) is -0.313. The number of amides is 1. The van der Waals surface area contributed by atoms with E-state index in [-0.39, 0.29) is 30.5 Å². The number of hydrogen-bond donors (Lipinski definition) is 0. The summed E-state index contributed by atoms with van der Waals surface area (Å²) in [6.07, 6.45) is 1.52. The summed E-state index contributed by atoms with van der Waals surface area (Å²) < 4.78 is 16.5. The Morgan fingerprint density at radius 1 is 1.39 bits per heavy atom. The molecule has 9 heteroatoms. The van der Waals surface area contributed by atoms with Gasteiger partial charge >= 0.3 is 5.69 Å². The molecule has 3 rings (SSSR count). The molecular weight excluding hydrogens is 303 g/mol. The zero-order valence-corrected chi connectivity index (χ0v) is 12.9. The highest BCUT2D eigenvalue weighted by atomic mass is 19.1. The highest BCUT2D eigenvalue weighted by molar-refractivity contribution is 5.75. The van der Waals surface area contributed by atoms with E-state index >= 15 is 0 Å².